The summed E-state index contributed by atoms with van der Waals surface area (Å²) in [7, 11) is 4.69. The predicted octanol–water partition coefficient (Wildman–Crippen LogP) is 4.65. The second-order valence-electron chi connectivity index (χ2n) is 7.84. The summed E-state index contributed by atoms with van der Waals surface area (Å²) in [5.74, 6) is 2.61. The Morgan fingerprint density at radius 1 is 1.06 bits per heavy atom. The highest BCUT2D eigenvalue weighted by Crippen LogP contribution is 2.46. The molecule has 0 bridgehead atoms. The van der Waals surface area contributed by atoms with Crippen molar-refractivity contribution in [3.05, 3.63) is 58.3 Å². The summed E-state index contributed by atoms with van der Waals surface area (Å²) >= 11 is 6.41. The predicted molar refractivity (Wildman–Crippen MR) is 124 cm³/mol. The summed E-state index contributed by atoms with van der Waals surface area (Å²) in [4.78, 5) is 17.8. The SMILES string of the molecule is COc1cc(C2C3=C(CCCC3=O)Nc3nc(-c4ccccc4Cl)nn32)cc(OC)c1OC. The van der Waals surface area contributed by atoms with Crippen molar-refractivity contribution >= 4 is 23.3 Å². The van der Waals surface area contributed by atoms with E-state index in [0.717, 1.165) is 29.7 Å². The third kappa shape index (κ3) is 3.51. The summed E-state index contributed by atoms with van der Waals surface area (Å²) < 4.78 is 18.4. The molecule has 3 aromatic rings. The zero-order chi connectivity index (χ0) is 23.1. The maximum absolute atomic E-state index is 13.1. The van der Waals surface area contributed by atoms with Crippen LogP contribution in [0.3, 0.4) is 0 Å². The Morgan fingerprint density at radius 3 is 2.45 bits per heavy atom. The number of aromatic nitrogens is 3. The van der Waals surface area contributed by atoms with E-state index in [0.29, 0.717) is 46.0 Å². The van der Waals surface area contributed by atoms with E-state index in [2.05, 4.69) is 5.32 Å². The lowest BCUT2D eigenvalue weighted by Gasteiger charge is -2.32. The summed E-state index contributed by atoms with van der Waals surface area (Å²) in [5.41, 5.74) is 3.05. The van der Waals surface area contributed by atoms with Crippen molar-refractivity contribution in [3.8, 4) is 28.6 Å². The molecule has 1 N–H and O–H groups in total. The van der Waals surface area contributed by atoms with Crippen LogP contribution in [0.1, 0.15) is 30.9 Å². The summed E-state index contributed by atoms with van der Waals surface area (Å²) in [6.45, 7) is 0. The molecule has 2 aromatic carbocycles. The van der Waals surface area contributed by atoms with Crippen molar-refractivity contribution in [2.75, 3.05) is 26.6 Å². The highest BCUT2D eigenvalue weighted by molar-refractivity contribution is 6.33. The van der Waals surface area contributed by atoms with Gasteiger partial charge in [0.15, 0.2) is 23.1 Å². The number of hydrogen-bond donors (Lipinski definition) is 1. The van der Waals surface area contributed by atoms with Crippen LogP contribution in [0.25, 0.3) is 11.4 Å². The van der Waals surface area contributed by atoms with Gasteiger partial charge in [-0.15, -0.1) is 5.10 Å². The molecule has 1 aliphatic heterocycles. The molecular formula is C24H23ClN4O4. The number of allylic oxidation sites excluding steroid dienone is 2. The fourth-order valence-corrected chi connectivity index (χ4v) is 4.70. The number of Topliss-reactive ketones (excluding diaryl/α,β-unsaturated/α-hetero) is 1. The lowest BCUT2D eigenvalue weighted by atomic mass is 9.85. The molecule has 2 aliphatic rings. The van der Waals surface area contributed by atoms with E-state index in [1.54, 1.807) is 32.1 Å². The maximum atomic E-state index is 13.1. The largest absolute Gasteiger partial charge is 0.493 e. The number of benzene rings is 2. The highest BCUT2D eigenvalue weighted by atomic mass is 35.5. The number of ketones is 1. The topological polar surface area (TPSA) is 87.5 Å². The Bertz CT molecular complexity index is 1260. The molecule has 0 amide bonds. The number of methoxy groups -OCH3 is 3. The summed E-state index contributed by atoms with van der Waals surface area (Å²) in [6.07, 6.45) is 2.04. The molecule has 0 fully saturated rings. The van der Waals surface area contributed by atoms with Crippen LogP contribution in [0.4, 0.5) is 5.95 Å². The Labute approximate surface area is 196 Å². The average molecular weight is 467 g/mol. The second kappa shape index (κ2) is 8.44. The number of nitrogens with one attached hydrogen (secondary N) is 1. The number of carbonyl (C=O) groups is 1. The van der Waals surface area contributed by atoms with Gasteiger partial charge in [0, 0.05) is 23.3 Å². The second-order valence-corrected chi connectivity index (χ2v) is 8.25. The Balaban J connectivity index is 1.73. The van der Waals surface area contributed by atoms with Gasteiger partial charge in [0.05, 0.1) is 26.4 Å². The molecule has 0 saturated heterocycles. The first-order valence-electron chi connectivity index (χ1n) is 10.6. The van der Waals surface area contributed by atoms with Gasteiger partial charge in [0.25, 0.3) is 0 Å². The third-order valence-electron chi connectivity index (χ3n) is 5.99. The smallest absolute Gasteiger partial charge is 0.226 e. The fourth-order valence-electron chi connectivity index (χ4n) is 4.48. The quantitative estimate of drug-likeness (QED) is 0.585. The standard InChI is InChI=1S/C24H23ClN4O4/c1-31-18-11-13(12-19(32-2)22(18)33-3)21-20-16(9-6-10-17(20)30)26-24-27-23(28-29(21)24)14-7-4-5-8-15(14)25/h4-5,7-8,11-12,21H,6,9-10H2,1-3H3,(H,26,27,28). The molecule has 0 spiro atoms. The molecule has 1 atom stereocenters. The van der Waals surface area contributed by atoms with Crippen LogP contribution < -0.4 is 19.5 Å². The monoisotopic (exact) mass is 466 g/mol. The minimum atomic E-state index is -0.499. The molecular weight excluding hydrogens is 444 g/mol. The van der Waals surface area contributed by atoms with Gasteiger partial charge < -0.3 is 19.5 Å². The number of anilines is 1. The average Bonchev–Trinajstić information content (AvgIpc) is 3.25. The Kier molecular flexibility index (Phi) is 5.46. The number of hydrogen-bond acceptors (Lipinski definition) is 7. The lowest BCUT2D eigenvalue weighted by Crippen LogP contribution is -2.31. The van der Waals surface area contributed by atoms with E-state index in [1.165, 1.54) is 0 Å². The van der Waals surface area contributed by atoms with Gasteiger partial charge in [-0.05, 0) is 42.7 Å². The molecule has 5 rings (SSSR count). The van der Waals surface area contributed by atoms with Crippen LogP contribution in [-0.4, -0.2) is 41.9 Å². The van der Waals surface area contributed by atoms with Crippen molar-refractivity contribution in [1.29, 1.82) is 0 Å². The van der Waals surface area contributed by atoms with E-state index in [9.17, 15) is 4.79 Å². The minimum absolute atomic E-state index is 0.0861. The molecule has 0 radical (unpaired) electrons. The van der Waals surface area contributed by atoms with Gasteiger partial charge in [-0.1, -0.05) is 23.7 Å². The van der Waals surface area contributed by atoms with Gasteiger partial charge in [-0.25, -0.2) is 4.68 Å². The van der Waals surface area contributed by atoms with Crippen LogP contribution in [-0.2, 0) is 4.79 Å². The zero-order valence-electron chi connectivity index (χ0n) is 18.5. The molecule has 8 nitrogen and oxygen atoms in total. The first-order chi connectivity index (χ1) is 16.0. The van der Waals surface area contributed by atoms with Crippen molar-refractivity contribution in [1.82, 2.24) is 14.8 Å². The molecule has 0 saturated carbocycles. The summed E-state index contributed by atoms with van der Waals surface area (Å²) in [5, 5.41) is 8.67. The Morgan fingerprint density at radius 2 is 1.79 bits per heavy atom. The van der Waals surface area contributed by atoms with Gasteiger partial charge >= 0.3 is 0 Å². The van der Waals surface area contributed by atoms with E-state index in [-0.39, 0.29) is 5.78 Å². The first-order valence-corrected chi connectivity index (χ1v) is 11.0. The number of nitrogens with zero attached hydrogens (tertiary/aromatic N) is 3. The minimum Gasteiger partial charge on any atom is -0.493 e. The van der Waals surface area contributed by atoms with E-state index in [4.69, 9.17) is 35.9 Å². The molecule has 1 unspecified atom stereocenters. The van der Waals surface area contributed by atoms with Crippen LogP contribution in [0.15, 0.2) is 47.7 Å². The first kappa shape index (κ1) is 21.3. The lowest BCUT2D eigenvalue weighted by molar-refractivity contribution is -0.116. The number of rotatable bonds is 5. The number of carbonyl (C=O) groups excluding carboxylic acids is 1. The number of ether oxygens (including phenoxy) is 3. The van der Waals surface area contributed by atoms with Gasteiger partial charge in [-0.2, -0.15) is 4.98 Å². The van der Waals surface area contributed by atoms with Crippen LogP contribution in [0.2, 0.25) is 5.02 Å². The molecule has 170 valence electrons. The molecule has 1 aromatic heterocycles. The van der Waals surface area contributed by atoms with E-state index < -0.39 is 6.04 Å². The van der Waals surface area contributed by atoms with E-state index in [1.807, 2.05) is 30.3 Å². The van der Waals surface area contributed by atoms with E-state index >= 15 is 0 Å². The van der Waals surface area contributed by atoms with Crippen LogP contribution in [0, 0.1) is 0 Å². The Hall–Kier alpha value is -3.52. The molecule has 1 aliphatic carbocycles. The van der Waals surface area contributed by atoms with Crippen LogP contribution >= 0.6 is 11.6 Å². The van der Waals surface area contributed by atoms with Gasteiger partial charge in [-0.3, -0.25) is 4.79 Å². The van der Waals surface area contributed by atoms with Crippen LogP contribution in [0.5, 0.6) is 17.2 Å². The van der Waals surface area contributed by atoms with Crippen molar-refractivity contribution in [2.24, 2.45) is 0 Å². The number of fused-ring (bicyclic) bond motifs is 1. The normalized spacial score (nSPS) is 17.2. The fraction of sp³-hybridized carbons (Fsp3) is 0.292. The maximum Gasteiger partial charge on any atom is 0.226 e. The molecule has 9 heteroatoms. The van der Waals surface area contributed by atoms with Crippen molar-refractivity contribution in [3.63, 3.8) is 0 Å². The van der Waals surface area contributed by atoms with Crippen molar-refractivity contribution in [2.45, 2.75) is 25.3 Å². The molecule has 33 heavy (non-hydrogen) atoms. The van der Waals surface area contributed by atoms with Gasteiger partial charge in [0.1, 0.15) is 6.04 Å². The number of halogens is 1. The van der Waals surface area contributed by atoms with Gasteiger partial charge in [0.2, 0.25) is 11.7 Å². The van der Waals surface area contributed by atoms with Crippen molar-refractivity contribution < 1.29 is 19.0 Å². The third-order valence-corrected chi connectivity index (χ3v) is 6.32. The zero-order valence-corrected chi connectivity index (χ0v) is 19.3. The summed E-state index contributed by atoms with van der Waals surface area (Å²) in [6, 6.07) is 10.6. The highest BCUT2D eigenvalue weighted by Gasteiger charge is 2.38. The molecule has 2 heterocycles.